The van der Waals surface area contributed by atoms with Gasteiger partial charge in [-0.2, -0.15) is 4.98 Å². The molecule has 1 saturated carbocycles. The van der Waals surface area contributed by atoms with Crippen LogP contribution >= 0.6 is 11.3 Å². The summed E-state index contributed by atoms with van der Waals surface area (Å²) in [5.41, 5.74) is -0.576. The van der Waals surface area contributed by atoms with Crippen molar-refractivity contribution in [2.24, 2.45) is 0 Å². The first-order chi connectivity index (χ1) is 9.20. The molecule has 3 rings (SSSR count). The van der Waals surface area contributed by atoms with Gasteiger partial charge in [-0.3, -0.25) is 0 Å². The standard InChI is InChI=1S/C13H18N4OS/c1-14-12-16-10(9-4-7-19-11(9)17-12)15-8-13(18)5-2-3-6-13/h4,7,18H,2-3,5-6,8H2,1H3,(H2,14,15,16,17). The molecule has 1 aliphatic carbocycles. The maximum Gasteiger partial charge on any atom is 0.225 e. The van der Waals surface area contributed by atoms with Crippen LogP contribution in [0.1, 0.15) is 25.7 Å². The van der Waals surface area contributed by atoms with E-state index in [-0.39, 0.29) is 0 Å². The molecule has 5 nitrogen and oxygen atoms in total. The van der Waals surface area contributed by atoms with Crippen molar-refractivity contribution < 1.29 is 5.11 Å². The second-order valence-electron chi connectivity index (χ2n) is 5.07. The fourth-order valence-corrected chi connectivity index (χ4v) is 3.32. The number of rotatable bonds is 4. The van der Waals surface area contributed by atoms with Gasteiger partial charge < -0.3 is 15.7 Å². The highest BCUT2D eigenvalue weighted by molar-refractivity contribution is 7.16. The lowest BCUT2D eigenvalue weighted by Crippen LogP contribution is -2.33. The smallest absolute Gasteiger partial charge is 0.225 e. The van der Waals surface area contributed by atoms with Crippen LogP contribution in [0.2, 0.25) is 0 Å². The van der Waals surface area contributed by atoms with E-state index in [4.69, 9.17) is 0 Å². The molecule has 0 aliphatic heterocycles. The largest absolute Gasteiger partial charge is 0.388 e. The van der Waals surface area contributed by atoms with Gasteiger partial charge in [-0.1, -0.05) is 12.8 Å². The SMILES string of the molecule is CNc1nc(NCC2(O)CCCC2)c2ccsc2n1. The molecular weight excluding hydrogens is 260 g/mol. The molecule has 0 amide bonds. The lowest BCUT2D eigenvalue weighted by molar-refractivity contribution is 0.0614. The second-order valence-corrected chi connectivity index (χ2v) is 5.96. The Hall–Kier alpha value is -1.40. The Kier molecular flexibility index (Phi) is 3.28. The van der Waals surface area contributed by atoms with E-state index in [2.05, 4.69) is 20.6 Å². The van der Waals surface area contributed by atoms with E-state index in [0.717, 1.165) is 41.7 Å². The van der Waals surface area contributed by atoms with Gasteiger partial charge in [0.05, 0.1) is 11.0 Å². The third-order valence-corrected chi connectivity index (χ3v) is 4.47. The first-order valence-corrected chi connectivity index (χ1v) is 7.47. The second kappa shape index (κ2) is 4.94. The number of hydrogen-bond donors (Lipinski definition) is 3. The van der Waals surface area contributed by atoms with Crippen molar-refractivity contribution >= 4 is 33.3 Å². The number of aliphatic hydroxyl groups is 1. The van der Waals surface area contributed by atoms with Crippen molar-refractivity contribution in [3.05, 3.63) is 11.4 Å². The molecule has 1 fully saturated rings. The van der Waals surface area contributed by atoms with Gasteiger partial charge in [-0.05, 0) is 24.3 Å². The van der Waals surface area contributed by atoms with Gasteiger partial charge in [0.15, 0.2) is 0 Å². The molecule has 102 valence electrons. The lowest BCUT2D eigenvalue weighted by atomic mass is 10.0. The summed E-state index contributed by atoms with van der Waals surface area (Å²) in [5.74, 6) is 1.41. The molecule has 0 bridgehead atoms. The van der Waals surface area contributed by atoms with Crippen molar-refractivity contribution in [1.82, 2.24) is 9.97 Å². The van der Waals surface area contributed by atoms with Gasteiger partial charge in [0.25, 0.3) is 0 Å². The predicted octanol–water partition coefficient (Wildman–Crippen LogP) is 2.45. The number of fused-ring (bicyclic) bond motifs is 1. The van der Waals surface area contributed by atoms with E-state index in [1.165, 1.54) is 0 Å². The van der Waals surface area contributed by atoms with Crippen LogP contribution in [-0.4, -0.2) is 34.3 Å². The summed E-state index contributed by atoms with van der Waals surface area (Å²) < 4.78 is 0. The zero-order valence-electron chi connectivity index (χ0n) is 10.9. The minimum atomic E-state index is -0.576. The van der Waals surface area contributed by atoms with Crippen molar-refractivity contribution in [2.75, 3.05) is 24.2 Å². The molecular formula is C13H18N4OS. The van der Waals surface area contributed by atoms with Gasteiger partial charge in [-0.25, -0.2) is 4.98 Å². The lowest BCUT2D eigenvalue weighted by Gasteiger charge is -2.23. The highest BCUT2D eigenvalue weighted by Gasteiger charge is 2.31. The Morgan fingerprint density at radius 1 is 1.37 bits per heavy atom. The first kappa shape index (κ1) is 12.6. The molecule has 0 atom stereocenters. The molecule has 0 radical (unpaired) electrons. The average molecular weight is 278 g/mol. The summed E-state index contributed by atoms with van der Waals surface area (Å²) in [7, 11) is 1.81. The van der Waals surface area contributed by atoms with E-state index < -0.39 is 5.60 Å². The number of aromatic nitrogens is 2. The molecule has 6 heteroatoms. The summed E-state index contributed by atoms with van der Waals surface area (Å²) in [6.45, 7) is 0.554. The first-order valence-electron chi connectivity index (χ1n) is 6.59. The van der Waals surface area contributed by atoms with Crippen LogP contribution in [0.4, 0.5) is 11.8 Å². The van der Waals surface area contributed by atoms with Crippen LogP contribution in [0, 0.1) is 0 Å². The molecule has 2 aromatic rings. The van der Waals surface area contributed by atoms with E-state index >= 15 is 0 Å². The number of anilines is 2. The van der Waals surface area contributed by atoms with Gasteiger partial charge >= 0.3 is 0 Å². The van der Waals surface area contributed by atoms with Crippen molar-refractivity contribution in [3.63, 3.8) is 0 Å². The molecule has 0 unspecified atom stereocenters. The van der Waals surface area contributed by atoms with E-state index in [9.17, 15) is 5.11 Å². The zero-order chi connectivity index (χ0) is 13.3. The molecule has 2 aromatic heterocycles. The maximum atomic E-state index is 10.4. The summed E-state index contributed by atoms with van der Waals surface area (Å²) in [6, 6.07) is 2.01. The molecule has 19 heavy (non-hydrogen) atoms. The Morgan fingerprint density at radius 3 is 2.89 bits per heavy atom. The molecule has 1 aliphatic rings. The molecule has 0 aromatic carbocycles. The quantitative estimate of drug-likeness (QED) is 0.801. The predicted molar refractivity (Wildman–Crippen MR) is 78.9 cm³/mol. The van der Waals surface area contributed by atoms with E-state index in [1.54, 1.807) is 11.3 Å². The Labute approximate surface area is 116 Å². The Balaban J connectivity index is 1.85. The number of nitrogens with zero attached hydrogens (tertiary/aromatic N) is 2. The summed E-state index contributed by atoms with van der Waals surface area (Å²) in [4.78, 5) is 9.81. The highest BCUT2D eigenvalue weighted by Crippen LogP contribution is 2.31. The minimum absolute atomic E-state index is 0.554. The van der Waals surface area contributed by atoms with Gasteiger partial charge in [0, 0.05) is 13.6 Å². The van der Waals surface area contributed by atoms with Gasteiger partial charge in [0.2, 0.25) is 5.95 Å². The molecule has 0 spiro atoms. The van der Waals surface area contributed by atoms with Crippen LogP contribution in [0.5, 0.6) is 0 Å². The third-order valence-electron chi connectivity index (χ3n) is 3.67. The van der Waals surface area contributed by atoms with E-state index in [0.29, 0.717) is 12.5 Å². The maximum absolute atomic E-state index is 10.4. The van der Waals surface area contributed by atoms with Crippen LogP contribution in [0.3, 0.4) is 0 Å². The van der Waals surface area contributed by atoms with Crippen molar-refractivity contribution in [1.29, 1.82) is 0 Å². The fourth-order valence-electron chi connectivity index (χ4n) is 2.56. The fraction of sp³-hybridized carbons (Fsp3) is 0.538. The molecule has 3 N–H and O–H groups in total. The Bertz CT molecular complexity index is 577. The molecule has 0 saturated heterocycles. The number of nitrogens with one attached hydrogen (secondary N) is 2. The van der Waals surface area contributed by atoms with Crippen LogP contribution in [0.25, 0.3) is 10.2 Å². The summed E-state index contributed by atoms with van der Waals surface area (Å²) in [5, 5.41) is 19.7. The number of hydrogen-bond acceptors (Lipinski definition) is 6. The average Bonchev–Trinajstić information content (AvgIpc) is 3.04. The third kappa shape index (κ3) is 2.50. The van der Waals surface area contributed by atoms with Crippen molar-refractivity contribution in [3.8, 4) is 0 Å². The minimum Gasteiger partial charge on any atom is -0.388 e. The van der Waals surface area contributed by atoms with Crippen LogP contribution in [0.15, 0.2) is 11.4 Å². The monoisotopic (exact) mass is 278 g/mol. The number of thiophene rings is 1. The summed E-state index contributed by atoms with van der Waals surface area (Å²) >= 11 is 1.59. The van der Waals surface area contributed by atoms with Crippen molar-refractivity contribution in [2.45, 2.75) is 31.3 Å². The van der Waals surface area contributed by atoms with Crippen LogP contribution in [-0.2, 0) is 0 Å². The molecule has 2 heterocycles. The van der Waals surface area contributed by atoms with Crippen LogP contribution < -0.4 is 10.6 Å². The van der Waals surface area contributed by atoms with Gasteiger partial charge in [0.1, 0.15) is 10.6 Å². The topological polar surface area (TPSA) is 70.1 Å². The highest BCUT2D eigenvalue weighted by atomic mass is 32.1. The van der Waals surface area contributed by atoms with Gasteiger partial charge in [-0.15, -0.1) is 11.3 Å². The Morgan fingerprint density at radius 2 is 2.16 bits per heavy atom. The summed E-state index contributed by atoms with van der Waals surface area (Å²) in [6.07, 6.45) is 3.96. The zero-order valence-corrected chi connectivity index (χ0v) is 11.8. The normalized spacial score (nSPS) is 17.8. The van der Waals surface area contributed by atoms with E-state index in [1.807, 2.05) is 18.5 Å².